The molecule has 1 aliphatic heterocycles. The van der Waals surface area contributed by atoms with Gasteiger partial charge in [0.25, 0.3) is 0 Å². The van der Waals surface area contributed by atoms with Crippen LogP contribution in [0.2, 0.25) is 0 Å². The minimum atomic E-state index is -2.70. The van der Waals surface area contributed by atoms with Crippen molar-refractivity contribution in [2.45, 2.75) is 34.6 Å². The van der Waals surface area contributed by atoms with Crippen LogP contribution in [-0.4, -0.2) is 23.9 Å². The summed E-state index contributed by atoms with van der Waals surface area (Å²) in [4.78, 5) is 15.7. The Morgan fingerprint density at radius 1 is 1.27 bits per heavy atom. The lowest BCUT2D eigenvalue weighted by Gasteiger charge is -2.12. The number of aldehydes is 1. The summed E-state index contributed by atoms with van der Waals surface area (Å²) < 4.78 is 28.9. The van der Waals surface area contributed by atoms with Crippen LogP contribution in [0.4, 0.5) is 8.63 Å². The second kappa shape index (κ2) is 6.10. The molecule has 0 unspecified atom stereocenters. The van der Waals surface area contributed by atoms with Gasteiger partial charge >= 0.3 is 7.40 Å². The third-order valence-electron chi connectivity index (χ3n) is 4.06. The van der Waals surface area contributed by atoms with Crippen LogP contribution in [0.25, 0.3) is 5.57 Å². The van der Waals surface area contributed by atoms with Crippen LogP contribution >= 0.6 is 22.6 Å². The summed E-state index contributed by atoms with van der Waals surface area (Å²) >= 11 is 2.21. The van der Waals surface area contributed by atoms with Crippen LogP contribution in [0.1, 0.15) is 48.1 Å². The Hall–Kier alpha value is -1.25. The fourth-order valence-electron chi connectivity index (χ4n) is 2.91. The van der Waals surface area contributed by atoms with Gasteiger partial charge < -0.3 is 4.48 Å². The summed E-state index contributed by atoms with van der Waals surface area (Å²) in [6.07, 6.45) is 0.639. The number of hydrogen-bond acceptors (Lipinski definition) is 2. The summed E-state index contributed by atoms with van der Waals surface area (Å²) in [6, 6.07) is 0. The predicted octanol–water partition coefficient (Wildman–Crippen LogP) is 4.60. The fraction of sp³-hybridized carbons (Fsp3) is 0.333. The molecule has 116 valence electrons. The van der Waals surface area contributed by atoms with Gasteiger partial charge in [0.1, 0.15) is 0 Å². The standard InChI is InChI=1S/C15H16BF2IN2O/c1-7-12(6-22)11(5)21(16(17)18)15(7)9(3)14-8(2)13(19)10(4)20-14/h6H,1-5H3/b14-9-. The highest BCUT2D eigenvalue weighted by atomic mass is 127. The maximum atomic E-state index is 13.5. The fourth-order valence-corrected chi connectivity index (χ4v) is 3.29. The first-order valence-corrected chi connectivity index (χ1v) is 7.88. The SMILES string of the molecule is CC1=N/C(=C(/C)c2c(C)c(C=O)c(C)n2B(F)F)C(C)=C1I. The lowest BCUT2D eigenvalue weighted by atomic mass is 10.0. The van der Waals surface area contributed by atoms with Gasteiger partial charge in [0.2, 0.25) is 0 Å². The molecule has 1 aromatic heterocycles. The highest BCUT2D eigenvalue weighted by Crippen LogP contribution is 2.37. The molecule has 2 rings (SSSR count). The lowest BCUT2D eigenvalue weighted by Crippen LogP contribution is -2.17. The summed E-state index contributed by atoms with van der Waals surface area (Å²) in [5, 5.41) is 0. The van der Waals surface area contributed by atoms with Crippen molar-refractivity contribution in [3.63, 3.8) is 0 Å². The van der Waals surface area contributed by atoms with Gasteiger partial charge in [-0.1, -0.05) is 0 Å². The van der Waals surface area contributed by atoms with Crippen molar-refractivity contribution in [1.29, 1.82) is 0 Å². The van der Waals surface area contributed by atoms with E-state index in [9.17, 15) is 13.4 Å². The zero-order chi connectivity index (χ0) is 16.8. The Balaban J connectivity index is 2.82. The third-order valence-corrected chi connectivity index (χ3v) is 5.65. The molecule has 0 saturated heterocycles. The number of nitrogens with zero attached hydrogens (tertiary/aromatic N) is 2. The molecule has 0 saturated carbocycles. The van der Waals surface area contributed by atoms with Crippen molar-refractivity contribution >= 4 is 47.6 Å². The van der Waals surface area contributed by atoms with E-state index >= 15 is 0 Å². The number of aliphatic imine (C=N–C) groups is 1. The largest absolute Gasteiger partial charge is 0.677 e. The van der Waals surface area contributed by atoms with Gasteiger partial charge in [-0.25, -0.2) is 0 Å². The van der Waals surface area contributed by atoms with Gasteiger partial charge in [-0.05, 0) is 73.9 Å². The van der Waals surface area contributed by atoms with Crippen LogP contribution in [-0.2, 0) is 0 Å². The average Bonchev–Trinajstić information content (AvgIpc) is 2.86. The van der Waals surface area contributed by atoms with Gasteiger partial charge in [-0.2, -0.15) is 0 Å². The highest BCUT2D eigenvalue weighted by Gasteiger charge is 2.30. The van der Waals surface area contributed by atoms with Crippen LogP contribution in [0.5, 0.6) is 0 Å². The Morgan fingerprint density at radius 2 is 1.86 bits per heavy atom. The molecule has 7 heteroatoms. The van der Waals surface area contributed by atoms with Crippen molar-refractivity contribution in [2.75, 3.05) is 0 Å². The third kappa shape index (κ3) is 2.49. The number of aromatic nitrogens is 1. The average molecular weight is 416 g/mol. The minimum Gasteiger partial charge on any atom is -0.328 e. The molecule has 0 fully saturated rings. The van der Waals surface area contributed by atoms with Crippen molar-refractivity contribution in [3.8, 4) is 0 Å². The molecule has 0 spiro atoms. The molecule has 22 heavy (non-hydrogen) atoms. The van der Waals surface area contributed by atoms with Crippen LogP contribution < -0.4 is 0 Å². The maximum absolute atomic E-state index is 13.5. The van der Waals surface area contributed by atoms with E-state index in [0.717, 1.165) is 19.3 Å². The van der Waals surface area contributed by atoms with E-state index in [0.29, 0.717) is 34.4 Å². The Morgan fingerprint density at radius 3 is 2.27 bits per heavy atom. The Labute approximate surface area is 142 Å². The first-order chi connectivity index (χ1) is 10.2. The zero-order valence-electron chi connectivity index (χ0n) is 13.1. The Kier molecular flexibility index (Phi) is 4.74. The van der Waals surface area contributed by atoms with E-state index in [1.807, 2.05) is 13.8 Å². The molecule has 0 radical (unpaired) electrons. The quantitative estimate of drug-likeness (QED) is 0.403. The van der Waals surface area contributed by atoms with Crippen molar-refractivity contribution in [3.05, 3.63) is 37.4 Å². The number of hydrogen-bond donors (Lipinski definition) is 0. The molecule has 2 heterocycles. The molecule has 0 atom stereocenters. The number of halogens is 3. The smallest absolute Gasteiger partial charge is 0.328 e. The van der Waals surface area contributed by atoms with Gasteiger partial charge in [-0.15, -0.1) is 0 Å². The van der Waals surface area contributed by atoms with E-state index in [2.05, 4.69) is 27.6 Å². The summed E-state index contributed by atoms with van der Waals surface area (Å²) in [5.41, 5.74) is 4.79. The van der Waals surface area contributed by atoms with Gasteiger partial charge in [-0.3, -0.25) is 18.4 Å². The lowest BCUT2D eigenvalue weighted by molar-refractivity contribution is 0.112. The summed E-state index contributed by atoms with van der Waals surface area (Å²) in [6.45, 7) is 8.84. The van der Waals surface area contributed by atoms with Gasteiger partial charge in [0.05, 0.1) is 11.4 Å². The second-order valence-electron chi connectivity index (χ2n) is 5.35. The molecule has 1 aromatic rings. The molecular formula is C15H16BF2IN2O. The number of carbonyl (C=O) groups excluding carboxylic acids is 1. The topological polar surface area (TPSA) is 34.4 Å². The summed E-state index contributed by atoms with van der Waals surface area (Å²) in [5.74, 6) is 0. The Bertz CT molecular complexity index is 760. The zero-order valence-corrected chi connectivity index (χ0v) is 15.2. The van der Waals surface area contributed by atoms with E-state index in [1.165, 1.54) is 0 Å². The second-order valence-corrected chi connectivity index (χ2v) is 6.43. The van der Waals surface area contributed by atoms with E-state index in [1.54, 1.807) is 20.8 Å². The molecule has 0 aliphatic carbocycles. The molecular weight excluding hydrogens is 400 g/mol. The molecule has 3 nitrogen and oxygen atoms in total. The number of rotatable bonds is 3. The molecule has 0 aromatic carbocycles. The van der Waals surface area contributed by atoms with Crippen LogP contribution in [0.15, 0.2) is 19.8 Å². The van der Waals surface area contributed by atoms with Gasteiger partial charge in [0, 0.05) is 20.5 Å². The number of allylic oxidation sites excluding steroid dienone is 3. The van der Waals surface area contributed by atoms with E-state index in [-0.39, 0.29) is 5.69 Å². The predicted molar refractivity (Wildman–Crippen MR) is 95.1 cm³/mol. The van der Waals surface area contributed by atoms with Crippen LogP contribution in [0, 0.1) is 13.8 Å². The molecule has 1 aliphatic rings. The summed E-state index contributed by atoms with van der Waals surface area (Å²) in [7, 11) is -2.70. The van der Waals surface area contributed by atoms with Crippen molar-refractivity contribution in [1.82, 2.24) is 4.48 Å². The number of carbonyl (C=O) groups is 1. The first kappa shape index (κ1) is 17.1. The van der Waals surface area contributed by atoms with Crippen molar-refractivity contribution in [2.24, 2.45) is 4.99 Å². The minimum absolute atomic E-state index is 0.285. The maximum Gasteiger partial charge on any atom is 0.677 e. The van der Waals surface area contributed by atoms with Crippen LogP contribution in [0.3, 0.4) is 0 Å². The molecule has 0 bridgehead atoms. The van der Waals surface area contributed by atoms with E-state index in [4.69, 9.17) is 0 Å². The molecule has 0 amide bonds. The monoisotopic (exact) mass is 416 g/mol. The molecule has 0 N–H and O–H groups in total. The van der Waals surface area contributed by atoms with E-state index < -0.39 is 7.40 Å². The van der Waals surface area contributed by atoms with Gasteiger partial charge in [0.15, 0.2) is 6.29 Å². The first-order valence-electron chi connectivity index (χ1n) is 6.80. The highest BCUT2D eigenvalue weighted by molar-refractivity contribution is 14.1. The van der Waals surface area contributed by atoms with Crippen molar-refractivity contribution < 1.29 is 13.4 Å². The normalized spacial score (nSPS) is 17.0.